The molecule has 0 aliphatic heterocycles. The van der Waals surface area contributed by atoms with Gasteiger partial charge in [-0.05, 0) is 20.8 Å². The fraction of sp³-hybridized carbons (Fsp3) is 0.500. The van der Waals surface area contributed by atoms with Crippen molar-refractivity contribution in [2.45, 2.75) is 20.8 Å². The van der Waals surface area contributed by atoms with Gasteiger partial charge in [-0.3, -0.25) is 4.90 Å². The van der Waals surface area contributed by atoms with E-state index < -0.39 is 0 Å². The van der Waals surface area contributed by atoms with Crippen LogP contribution in [0.5, 0.6) is 0 Å². The summed E-state index contributed by atoms with van der Waals surface area (Å²) < 4.78 is 16.2. The van der Waals surface area contributed by atoms with Crippen LogP contribution < -0.4 is 0 Å². The molecule has 0 aromatic heterocycles. The predicted molar refractivity (Wildman–Crippen MR) is 64.1 cm³/mol. The van der Waals surface area contributed by atoms with Gasteiger partial charge in [-0.1, -0.05) is 13.2 Å². The van der Waals surface area contributed by atoms with Crippen LogP contribution in [0, 0.1) is 0 Å². The third kappa shape index (κ3) is 4.29. The summed E-state index contributed by atoms with van der Waals surface area (Å²) in [6.45, 7) is 14.5. The topological polar surface area (TPSA) is 30.9 Å². The molecule has 0 saturated heterocycles. The van der Waals surface area contributed by atoms with Gasteiger partial charge in [0.2, 0.25) is 0 Å². The molecule has 16 heavy (non-hydrogen) atoms. The summed E-state index contributed by atoms with van der Waals surface area (Å²) in [6.07, 6.45) is 3.16. The van der Waals surface area contributed by atoms with Crippen LogP contribution in [0.25, 0.3) is 0 Å². The summed E-state index contributed by atoms with van der Waals surface area (Å²) in [4.78, 5) is 1.62. The number of hydrogen-bond donors (Lipinski definition) is 0. The maximum absolute atomic E-state index is 5.47. The molecule has 4 nitrogen and oxygen atoms in total. The van der Waals surface area contributed by atoms with E-state index in [4.69, 9.17) is 14.2 Å². The molecule has 0 rings (SSSR count). The van der Waals surface area contributed by atoms with Crippen LogP contribution in [0.1, 0.15) is 20.8 Å². The molecule has 0 unspecified atom stereocenters. The molecule has 0 aromatic carbocycles. The lowest BCUT2D eigenvalue weighted by atomic mass is 10.6. The zero-order chi connectivity index (χ0) is 12.4. The van der Waals surface area contributed by atoms with Crippen molar-refractivity contribution < 1.29 is 14.2 Å². The Labute approximate surface area is 97.8 Å². The van der Waals surface area contributed by atoms with E-state index in [-0.39, 0.29) is 0 Å². The number of rotatable bonds is 9. The van der Waals surface area contributed by atoms with Gasteiger partial charge in [0.15, 0.2) is 0 Å². The minimum absolute atomic E-state index is 0.353. The minimum atomic E-state index is 0.353. The molecule has 0 saturated carbocycles. The van der Waals surface area contributed by atoms with Gasteiger partial charge >= 0.3 is 5.95 Å². The summed E-state index contributed by atoms with van der Waals surface area (Å²) in [7, 11) is 0. The zero-order valence-corrected chi connectivity index (χ0v) is 10.4. The normalized spacial score (nSPS) is 8.94. The third-order valence-corrected chi connectivity index (χ3v) is 1.63. The van der Waals surface area contributed by atoms with E-state index in [1.54, 1.807) is 17.3 Å². The standard InChI is InChI=1S/C12H21NO3/c1-6-13(7-2)11(14-8-3)12(15-9-4)16-10-5/h6-7H,1-2,8-10H2,3-5H3. The van der Waals surface area contributed by atoms with E-state index in [9.17, 15) is 0 Å². The predicted octanol–water partition coefficient (Wildman–Crippen LogP) is 2.81. The fourth-order valence-electron chi connectivity index (χ4n) is 1.04. The highest BCUT2D eigenvalue weighted by Gasteiger charge is 2.15. The van der Waals surface area contributed by atoms with E-state index >= 15 is 0 Å². The van der Waals surface area contributed by atoms with Gasteiger partial charge < -0.3 is 14.2 Å². The summed E-state index contributed by atoms with van der Waals surface area (Å²) in [5.41, 5.74) is 0. The molecule has 0 N–H and O–H groups in total. The van der Waals surface area contributed by atoms with Gasteiger partial charge in [0.25, 0.3) is 5.88 Å². The van der Waals surface area contributed by atoms with Crippen molar-refractivity contribution in [3.05, 3.63) is 37.4 Å². The van der Waals surface area contributed by atoms with Crippen LogP contribution in [0.4, 0.5) is 0 Å². The molecular weight excluding hydrogens is 206 g/mol. The Kier molecular flexibility index (Phi) is 7.85. The summed E-state index contributed by atoms with van der Waals surface area (Å²) in [6, 6.07) is 0. The maximum Gasteiger partial charge on any atom is 0.343 e. The van der Waals surface area contributed by atoms with Crippen molar-refractivity contribution in [2.24, 2.45) is 0 Å². The number of hydrogen-bond acceptors (Lipinski definition) is 4. The SMILES string of the molecule is C=CN(C=C)C(OCC)=C(OCC)OCC. The summed E-state index contributed by atoms with van der Waals surface area (Å²) in [5.74, 6) is 0.822. The number of nitrogens with zero attached hydrogens (tertiary/aromatic N) is 1. The van der Waals surface area contributed by atoms with Crippen molar-refractivity contribution in [1.29, 1.82) is 0 Å². The lowest BCUT2D eigenvalue weighted by Crippen LogP contribution is -2.17. The van der Waals surface area contributed by atoms with Gasteiger partial charge in [-0.2, -0.15) is 0 Å². The van der Waals surface area contributed by atoms with E-state index in [1.165, 1.54) is 0 Å². The van der Waals surface area contributed by atoms with Crippen molar-refractivity contribution >= 4 is 0 Å². The third-order valence-electron chi connectivity index (χ3n) is 1.63. The van der Waals surface area contributed by atoms with Crippen molar-refractivity contribution in [3.8, 4) is 0 Å². The first kappa shape index (κ1) is 14.4. The van der Waals surface area contributed by atoms with Crippen molar-refractivity contribution in [1.82, 2.24) is 4.90 Å². The molecule has 0 amide bonds. The lowest BCUT2D eigenvalue weighted by molar-refractivity contribution is 0.00870. The average Bonchev–Trinajstić information content (AvgIpc) is 2.29. The first-order valence-corrected chi connectivity index (χ1v) is 5.41. The van der Waals surface area contributed by atoms with Crippen molar-refractivity contribution in [2.75, 3.05) is 19.8 Å². The minimum Gasteiger partial charge on any atom is -0.474 e. The maximum atomic E-state index is 5.47. The fourth-order valence-corrected chi connectivity index (χ4v) is 1.04. The Balaban J connectivity index is 5.07. The Morgan fingerprint density at radius 1 is 0.938 bits per heavy atom. The molecule has 92 valence electrons. The molecule has 0 bridgehead atoms. The van der Waals surface area contributed by atoms with Gasteiger partial charge in [-0.25, -0.2) is 0 Å². The molecular formula is C12H21NO3. The van der Waals surface area contributed by atoms with Crippen LogP contribution in [0.2, 0.25) is 0 Å². The lowest BCUT2D eigenvalue weighted by Gasteiger charge is -2.21. The molecule has 0 heterocycles. The largest absolute Gasteiger partial charge is 0.474 e. The van der Waals surface area contributed by atoms with Gasteiger partial charge in [-0.15, -0.1) is 0 Å². The Bertz CT molecular complexity index is 233. The molecule has 0 aliphatic rings. The molecule has 0 atom stereocenters. The average molecular weight is 227 g/mol. The van der Waals surface area contributed by atoms with Crippen LogP contribution in [-0.2, 0) is 14.2 Å². The van der Waals surface area contributed by atoms with Crippen LogP contribution in [0.15, 0.2) is 37.4 Å². The Morgan fingerprint density at radius 3 is 1.69 bits per heavy atom. The molecule has 0 aromatic rings. The van der Waals surface area contributed by atoms with Crippen molar-refractivity contribution in [3.63, 3.8) is 0 Å². The molecule has 4 heteroatoms. The molecule has 0 fully saturated rings. The van der Waals surface area contributed by atoms with Crippen LogP contribution >= 0.6 is 0 Å². The highest BCUT2D eigenvalue weighted by Crippen LogP contribution is 2.15. The zero-order valence-electron chi connectivity index (χ0n) is 10.4. The van der Waals surface area contributed by atoms with E-state index in [1.807, 2.05) is 20.8 Å². The first-order chi connectivity index (χ1) is 7.74. The van der Waals surface area contributed by atoms with Crippen LogP contribution in [0.3, 0.4) is 0 Å². The first-order valence-electron chi connectivity index (χ1n) is 5.41. The van der Waals surface area contributed by atoms with Gasteiger partial charge in [0.1, 0.15) is 0 Å². The van der Waals surface area contributed by atoms with Gasteiger partial charge in [0, 0.05) is 12.4 Å². The molecule has 0 spiro atoms. The smallest absolute Gasteiger partial charge is 0.343 e. The van der Waals surface area contributed by atoms with Gasteiger partial charge in [0.05, 0.1) is 19.8 Å². The summed E-state index contributed by atoms with van der Waals surface area (Å²) in [5, 5.41) is 0. The van der Waals surface area contributed by atoms with E-state index in [2.05, 4.69) is 13.2 Å². The Hall–Kier alpha value is -1.58. The quantitative estimate of drug-likeness (QED) is 0.567. The highest BCUT2D eigenvalue weighted by molar-refractivity contribution is 5.03. The number of ether oxygens (including phenoxy) is 3. The Morgan fingerprint density at radius 2 is 1.38 bits per heavy atom. The monoisotopic (exact) mass is 227 g/mol. The second-order valence-electron chi connectivity index (χ2n) is 2.66. The molecule has 0 radical (unpaired) electrons. The summed E-state index contributed by atoms with van der Waals surface area (Å²) >= 11 is 0. The highest BCUT2D eigenvalue weighted by atomic mass is 16.7. The van der Waals surface area contributed by atoms with E-state index in [0.29, 0.717) is 31.6 Å². The van der Waals surface area contributed by atoms with Crippen LogP contribution in [-0.4, -0.2) is 24.7 Å². The molecule has 0 aliphatic carbocycles. The second kappa shape index (κ2) is 8.71. The second-order valence-corrected chi connectivity index (χ2v) is 2.66. The van der Waals surface area contributed by atoms with E-state index in [0.717, 1.165) is 0 Å².